The minimum atomic E-state index is -2.92. The largest absolute Gasteiger partial charge is 0.330 e. The molecule has 0 aromatic heterocycles. The summed E-state index contributed by atoms with van der Waals surface area (Å²) in [4.78, 5) is 0. The minimum absolute atomic E-state index is 0.593. The van der Waals surface area contributed by atoms with Crippen molar-refractivity contribution in [3.8, 4) is 0 Å². The van der Waals surface area contributed by atoms with E-state index in [2.05, 4.69) is 20.8 Å². The zero-order valence-electron chi connectivity index (χ0n) is 25.2. The maximum absolute atomic E-state index is 13.3. The predicted octanol–water partition coefficient (Wildman–Crippen LogP) is 12.4. The summed E-state index contributed by atoms with van der Waals surface area (Å²) in [5, 5.41) is 0. The summed E-state index contributed by atoms with van der Waals surface area (Å²) in [7, 11) is -2.92. The summed E-state index contributed by atoms with van der Waals surface area (Å²) in [6, 6.07) is 0. The average molecular weight is 531 g/mol. The molecule has 0 spiro atoms. The molecular formula is C32H67O3P. The average Bonchev–Trinajstić information content (AvgIpc) is 2.88. The van der Waals surface area contributed by atoms with Gasteiger partial charge in [0, 0.05) is 0 Å². The van der Waals surface area contributed by atoms with E-state index < -0.39 is 7.60 Å². The van der Waals surface area contributed by atoms with Gasteiger partial charge in [-0.05, 0) is 19.3 Å². The van der Waals surface area contributed by atoms with Gasteiger partial charge in [0.25, 0.3) is 0 Å². The normalized spacial score (nSPS) is 12.0. The number of hydrogen-bond donors (Lipinski definition) is 0. The molecule has 0 heterocycles. The maximum Gasteiger partial charge on any atom is 0.330 e. The van der Waals surface area contributed by atoms with Crippen molar-refractivity contribution in [3.05, 3.63) is 0 Å². The summed E-state index contributed by atoms with van der Waals surface area (Å²) >= 11 is 0. The van der Waals surface area contributed by atoms with Gasteiger partial charge in [-0.2, -0.15) is 0 Å². The van der Waals surface area contributed by atoms with E-state index in [0.29, 0.717) is 19.4 Å². The highest BCUT2D eigenvalue weighted by atomic mass is 31.2. The Bertz CT molecular complexity index is 435. The summed E-state index contributed by atoms with van der Waals surface area (Å²) in [6.45, 7) is 7.94. The number of unbranched alkanes of at least 4 members (excludes halogenated alkanes) is 23. The highest BCUT2D eigenvalue weighted by Gasteiger charge is 2.23. The molecule has 0 fully saturated rings. The van der Waals surface area contributed by atoms with Crippen molar-refractivity contribution in [2.75, 3.05) is 19.4 Å². The molecule has 0 radical (unpaired) electrons. The monoisotopic (exact) mass is 530 g/mol. The first-order valence-electron chi connectivity index (χ1n) is 16.6. The lowest BCUT2D eigenvalue weighted by Gasteiger charge is -2.19. The van der Waals surface area contributed by atoms with Crippen LogP contribution in [-0.2, 0) is 13.6 Å². The molecule has 3 nitrogen and oxygen atoms in total. The van der Waals surface area contributed by atoms with Crippen LogP contribution in [0.2, 0.25) is 0 Å². The molecule has 0 aliphatic carbocycles. The molecule has 0 bridgehead atoms. The minimum Gasteiger partial charge on any atom is -0.309 e. The van der Waals surface area contributed by atoms with Gasteiger partial charge in [-0.25, -0.2) is 0 Å². The highest BCUT2D eigenvalue weighted by molar-refractivity contribution is 7.53. The van der Waals surface area contributed by atoms with Crippen molar-refractivity contribution >= 4 is 7.60 Å². The quantitative estimate of drug-likeness (QED) is 0.0660. The summed E-state index contributed by atoms with van der Waals surface area (Å²) in [5.41, 5.74) is 0. The summed E-state index contributed by atoms with van der Waals surface area (Å²) in [6.07, 6.45) is 34.2. The van der Waals surface area contributed by atoms with Crippen molar-refractivity contribution in [2.24, 2.45) is 0 Å². The molecule has 0 N–H and O–H groups in total. The molecule has 0 aromatic carbocycles. The lowest BCUT2D eigenvalue weighted by molar-refractivity contribution is 0.197. The van der Waals surface area contributed by atoms with Gasteiger partial charge in [-0.3, -0.25) is 4.57 Å². The first-order chi connectivity index (χ1) is 17.7. The van der Waals surface area contributed by atoms with Crippen LogP contribution in [0.25, 0.3) is 0 Å². The SMILES string of the molecule is CCCCCCCCCCCCCCCCCCP(=O)(OCCCCCCC)OCCCCCCC. The molecule has 0 atom stereocenters. The summed E-state index contributed by atoms with van der Waals surface area (Å²) < 4.78 is 25.1. The highest BCUT2D eigenvalue weighted by Crippen LogP contribution is 2.49. The van der Waals surface area contributed by atoms with Crippen molar-refractivity contribution in [1.29, 1.82) is 0 Å². The first kappa shape index (κ1) is 36.1. The molecule has 0 unspecified atom stereocenters. The van der Waals surface area contributed by atoms with Crippen molar-refractivity contribution < 1.29 is 13.6 Å². The van der Waals surface area contributed by atoms with Gasteiger partial charge < -0.3 is 9.05 Å². The van der Waals surface area contributed by atoms with E-state index in [4.69, 9.17) is 9.05 Å². The Balaban J connectivity index is 3.80. The van der Waals surface area contributed by atoms with Crippen LogP contribution in [0, 0.1) is 0 Å². The van der Waals surface area contributed by atoms with E-state index in [1.54, 1.807) is 0 Å². The van der Waals surface area contributed by atoms with Crippen LogP contribution < -0.4 is 0 Å². The van der Waals surface area contributed by atoms with E-state index in [1.807, 2.05) is 0 Å². The van der Waals surface area contributed by atoms with Crippen LogP contribution in [0.3, 0.4) is 0 Å². The molecule has 0 saturated heterocycles. The van der Waals surface area contributed by atoms with E-state index >= 15 is 0 Å². The van der Waals surface area contributed by atoms with Gasteiger partial charge in [0.1, 0.15) is 0 Å². The van der Waals surface area contributed by atoms with Gasteiger partial charge in [0.2, 0.25) is 0 Å². The maximum atomic E-state index is 13.3. The molecule has 0 aliphatic rings. The van der Waals surface area contributed by atoms with Crippen LogP contribution >= 0.6 is 7.60 Å². The van der Waals surface area contributed by atoms with E-state index in [9.17, 15) is 4.57 Å². The third kappa shape index (κ3) is 27.2. The third-order valence-electron chi connectivity index (χ3n) is 7.36. The zero-order chi connectivity index (χ0) is 26.4. The Labute approximate surface area is 228 Å². The second-order valence-corrected chi connectivity index (χ2v) is 13.3. The van der Waals surface area contributed by atoms with Crippen molar-refractivity contribution in [1.82, 2.24) is 0 Å². The standard InChI is InChI=1S/C32H67O3P/c1-4-7-10-13-14-15-16-17-18-19-20-21-22-23-26-29-32-36(33,34-30-27-24-11-8-5-2)35-31-28-25-12-9-6-3/h4-32H2,1-3H3. The third-order valence-corrected chi connectivity index (χ3v) is 9.37. The molecule has 0 aliphatic heterocycles. The van der Waals surface area contributed by atoms with E-state index in [1.165, 1.54) is 141 Å². The van der Waals surface area contributed by atoms with Gasteiger partial charge in [0.15, 0.2) is 0 Å². The Morgan fingerprint density at radius 2 is 0.611 bits per heavy atom. The fraction of sp³-hybridized carbons (Fsp3) is 1.00. The second-order valence-electron chi connectivity index (χ2n) is 11.1. The topological polar surface area (TPSA) is 35.5 Å². The van der Waals surface area contributed by atoms with Gasteiger partial charge in [-0.15, -0.1) is 0 Å². The van der Waals surface area contributed by atoms with Gasteiger partial charge in [0.05, 0.1) is 19.4 Å². The predicted molar refractivity (Wildman–Crippen MR) is 161 cm³/mol. The lowest BCUT2D eigenvalue weighted by Crippen LogP contribution is -2.03. The molecule has 4 heteroatoms. The zero-order valence-corrected chi connectivity index (χ0v) is 26.1. The fourth-order valence-corrected chi connectivity index (χ4v) is 6.60. The fourth-order valence-electron chi connectivity index (χ4n) is 4.84. The smallest absolute Gasteiger partial charge is 0.309 e. The number of hydrogen-bond acceptors (Lipinski definition) is 3. The van der Waals surface area contributed by atoms with Crippen LogP contribution in [0.15, 0.2) is 0 Å². The number of rotatable bonds is 31. The Hall–Kier alpha value is 0.150. The second kappa shape index (κ2) is 29.7. The van der Waals surface area contributed by atoms with Crippen LogP contribution in [0.1, 0.15) is 188 Å². The first-order valence-corrected chi connectivity index (χ1v) is 18.3. The van der Waals surface area contributed by atoms with Crippen LogP contribution in [-0.4, -0.2) is 19.4 Å². The van der Waals surface area contributed by atoms with Gasteiger partial charge >= 0.3 is 7.60 Å². The molecule has 0 saturated carbocycles. The molecule has 0 amide bonds. The molecular weight excluding hydrogens is 463 g/mol. The van der Waals surface area contributed by atoms with Crippen LogP contribution in [0.4, 0.5) is 0 Å². The van der Waals surface area contributed by atoms with E-state index in [-0.39, 0.29) is 0 Å². The van der Waals surface area contributed by atoms with Crippen LogP contribution in [0.5, 0.6) is 0 Å². The lowest BCUT2D eigenvalue weighted by atomic mass is 10.0. The Morgan fingerprint density at radius 1 is 0.361 bits per heavy atom. The van der Waals surface area contributed by atoms with Crippen molar-refractivity contribution in [2.45, 2.75) is 188 Å². The molecule has 36 heavy (non-hydrogen) atoms. The Morgan fingerprint density at radius 3 is 0.917 bits per heavy atom. The van der Waals surface area contributed by atoms with E-state index in [0.717, 1.165) is 25.7 Å². The Kier molecular flexibility index (Phi) is 29.8. The molecule has 0 rings (SSSR count). The molecule has 218 valence electrons. The van der Waals surface area contributed by atoms with Gasteiger partial charge in [-0.1, -0.05) is 168 Å². The van der Waals surface area contributed by atoms with Crippen molar-refractivity contribution in [3.63, 3.8) is 0 Å². The molecule has 0 aromatic rings. The summed E-state index contributed by atoms with van der Waals surface area (Å²) in [5.74, 6) is 0.